The Hall–Kier alpha value is -2.49. The van der Waals surface area contributed by atoms with E-state index in [4.69, 9.17) is 0 Å². The molecule has 0 unspecified atom stereocenters. The van der Waals surface area contributed by atoms with Crippen LogP contribution in [0.3, 0.4) is 0 Å². The van der Waals surface area contributed by atoms with E-state index < -0.39 is 17.9 Å². The lowest BCUT2D eigenvalue weighted by Crippen LogP contribution is -2.30. The molecule has 2 aromatic heterocycles. The van der Waals surface area contributed by atoms with Crippen LogP contribution >= 0.6 is 11.3 Å². The van der Waals surface area contributed by atoms with Crippen LogP contribution in [0.1, 0.15) is 28.1 Å². The summed E-state index contributed by atoms with van der Waals surface area (Å²) >= 11 is 0.772. The molecule has 3 rings (SSSR count). The van der Waals surface area contributed by atoms with Crippen LogP contribution in [-0.4, -0.2) is 32.3 Å². The number of nitrogens with zero attached hydrogens (tertiary/aromatic N) is 5. The molecule has 0 saturated heterocycles. The highest BCUT2D eigenvalue weighted by atomic mass is 32.1. The number of fused-ring (bicyclic) bond motifs is 1. The summed E-state index contributed by atoms with van der Waals surface area (Å²) in [5.41, 5.74) is 1.63. The number of carbonyl (C=O) groups excluding carboxylic acids is 1. The zero-order valence-corrected chi connectivity index (χ0v) is 13.5. The van der Waals surface area contributed by atoms with Gasteiger partial charge in [0.15, 0.2) is 0 Å². The average Bonchev–Trinajstić information content (AvgIpc) is 3.06. The monoisotopic (exact) mass is 355 g/mol. The minimum Gasteiger partial charge on any atom is -0.307 e. The third kappa shape index (κ3) is 2.84. The molecule has 0 bridgehead atoms. The van der Waals surface area contributed by atoms with E-state index in [1.807, 2.05) is 19.1 Å². The number of alkyl halides is 3. The Kier molecular flexibility index (Phi) is 3.99. The molecule has 10 heteroatoms. The van der Waals surface area contributed by atoms with Crippen LogP contribution in [0.25, 0.3) is 4.96 Å². The predicted octanol–water partition coefficient (Wildman–Crippen LogP) is 3.18. The number of hydrogen-bond donors (Lipinski definition) is 0. The molecular formula is C14H12F3N5OS. The van der Waals surface area contributed by atoms with E-state index in [9.17, 15) is 18.0 Å². The summed E-state index contributed by atoms with van der Waals surface area (Å²) in [6.07, 6.45) is -4.69. The Bertz CT molecular complexity index is 901. The van der Waals surface area contributed by atoms with Gasteiger partial charge in [-0.15, -0.1) is 15.3 Å². The van der Waals surface area contributed by atoms with Gasteiger partial charge in [0.05, 0.1) is 0 Å². The van der Waals surface area contributed by atoms with E-state index in [0.717, 1.165) is 16.9 Å². The number of aromatic nitrogens is 4. The minimum absolute atomic E-state index is 0.0752. The van der Waals surface area contributed by atoms with Crippen molar-refractivity contribution in [3.8, 4) is 0 Å². The lowest BCUT2D eigenvalue weighted by molar-refractivity contribution is -0.146. The summed E-state index contributed by atoms with van der Waals surface area (Å²) in [6.45, 7) is 4.02. The highest BCUT2D eigenvalue weighted by molar-refractivity contribution is 7.18. The summed E-state index contributed by atoms with van der Waals surface area (Å²) in [5.74, 6) is -1.72. The molecule has 0 atom stereocenters. The summed E-state index contributed by atoms with van der Waals surface area (Å²) in [7, 11) is 0. The normalized spacial score (nSPS) is 11.9. The van der Waals surface area contributed by atoms with Crippen molar-refractivity contribution in [3.63, 3.8) is 0 Å². The fraction of sp³-hybridized carbons (Fsp3) is 0.286. The first-order valence-electron chi connectivity index (χ1n) is 6.99. The molecule has 1 aromatic carbocycles. The zero-order chi connectivity index (χ0) is 17.5. The highest BCUT2D eigenvalue weighted by Crippen LogP contribution is 2.29. The quantitative estimate of drug-likeness (QED) is 0.724. The molecule has 6 nitrogen and oxygen atoms in total. The predicted molar refractivity (Wildman–Crippen MR) is 82.2 cm³/mol. The Morgan fingerprint density at radius 3 is 2.71 bits per heavy atom. The van der Waals surface area contributed by atoms with Gasteiger partial charge in [0.2, 0.25) is 9.97 Å². The largest absolute Gasteiger partial charge is 0.453 e. The van der Waals surface area contributed by atoms with Crippen molar-refractivity contribution < 1.29 is 18.0 Å². The van der Waals surface area contributed by atoms with Crippen LogP contribution in [0.5, 0.6) is 0 Å². The first-order chi connectivity index (χ1) is 11.3. The molecule has 0 aliphatic heterocycles. The molecule has 24 heavy (non-hydrogen) atoms. The number of carbonyl (C=O) groups is 1. The minimum atomic E-state index is -4.69. The van der Waals surface area contributed by atoms with Crippen LogP contribution in [0, 0.1) is 6.92 Å². The lowest BCUT2D eigenvalue weighted by Gasteiger charge is -2.19. The SMILES string of the molecule is CCN(C(=O)c1nn2c(C(F)(F)F)nnc2s1)c1cccc(C)c1. The van der Waals surface area contributed by atoms with Gasteiger partial charge >= 0.3 is 6.18 Å². The maximum Gasteiger partial charge on any atom is 0.453 e. The van der Waals surface area contributed by atoms with Crippen LogP contribution in [0.15, 0.2) is 24.3 Å². The Labute approximate surface area is 138 Å². The van der Waals surface area contributed by atoms with Gasteiger partial charge < -0.3 is 4.90 Å². The van der Waals surface area contributed by atoms with Crippen LogP contribution in [-0.2, 0) is 6.18 Å². The van der Waals surface area contributed by atoms with Gasteiger partial charge in [0.1, 0.15) is 0 Å². The van der Waals surface area contributed by atoms with Crippen LogP contribution < -0.4 is 4.90 Å². The van der Waals surface area contributed by atoms with Gasteiger partial charge in [-0.3, -0.25) is 4.79 Å². The fourth-order valence-electron chi connectivity index (χ4n) is 2.23. The molecule has 0 radical (unpaired) electrons. The number of rotatable bonds is 3. The van der Waals surface area contributed by atoms with E-state index in [1.165, 1.54) is 4.90 Å². The Morgan fingerprint density at radius 1 is 1.33 bits per heavy atom. The topological polar surface area (TPSA) is 63.4 Å². The van der Waals surface area contributed by atoms with E-state index in [2.05, 4.69) is 15.3 Å². The standard InChI is InChI=1S/C14H12F3N5OS/c1-3-21(9-6-4-5-8(2)7-9)11(23)10-20-22-12(14(15,16)17)18-19-13(22)24-10/h4-7H,3H2,1-2H3. The molecular weight excluding hydrogens is 343 g/mol. The smallest absolute Gasteiger partial charge is 0.307 e. The molecule has 1 amide bonds. The molecule has 0 N–H and O–H groups in total. The number of hydrogen-bond acceptors (Lipinski definition) is 5. The van der Waals surface area contributed by atoms with Crippen molar-refractivity contribution in [2.24, 2.45) is 0 Å². The highest BCUT2D eigenvalue weighted by Gasteiger charge is 2.38. The van der Waals surface area contributed by atoms with Crippen molar-refractivity contribution >= 4 is 27.9 Å². The fourth-order valence-corrected chi connectivity index (χ4v) is 3.02. The third-order valence-electron chi connectivity index (χ3n) is 3.30. The summed E-state index contributed by atoms with van der Waals surface area (Å²) < 4.78 is 39.1. The second-order valence-electron chi connectivity index (χ2n) is 5.01. The van der Waals surface area contributed by atoms with Gasteiger partial charge in [-0.1, -0.05) is 23.5 Å². The number of anilines is 1. The second kappa shape index (κ2) is 5.86. The summed E-state index contributed by atoms with van der Waals surface area (Å²) in [5, 5.41) is 10.2. The molecule has 0 fully saturated rings. The van der Waals surface area contributed by atoms with E-state index in [-0.39, 0.29) is 9.97 Å². The number of amides is 1. The summed E-state index contributed by atoms with van der Waals surface area (Å²) in [4.78, 5) is 14.0. The molecule has 0 saturated carbocycles. The molecule has 2 heterocycles. The molecule has 126 valence electrons. The van der Waals surface area contributed by atoms with Crippen molar-refractivity contribution in [2.45, 2.75) is 20.0 Å². The molecule has 3 aromatic rings. The zero-order valence-electron chi connectivity index (χ0n) is 12.7. The van der Waals surface area contributed by atoms with Gasteiger partial charge in [-0.2, -0.15) is 17.7 Å². The Morgan fingerprint density at radius 2 is 2.08 bits per heavy atom. The first-order valence-corrected chi connectivity index (χ1v) is 7.81. The van der Waals surface area contributed by atoms with Gasteiger partial charge in [-0.25, -0.2) is 0 Å². The lowest BCUT2D eigenvalue weighted by atomic mass is 10.2. The number of aryl methyl sites for hydroxylation is 1. The molecule has 0 aliphatic rings. The molecule has 0 aliphatic carbocycles. The Balaban J connectivity index is 2.00. The van der Waals surface area contributed by atoms with Crippen LogP contribution in [0.2, 0.25) is 0 Å². The van der Waals surface area contributed by atoms with Crippen molar-refractivity contribution in [3.05, 3.63) is 40.7 Å². The average molecular weight is 355 g/mol. The molecule has 0 spiro atoms. The second-order valence-corrected chi connectivity index (χ2v) is 5.97. The maximum atomic E-state index is 12.8. The summed E-state index contributed by atoms with van der Waals surface area (Å²) in [6, 6.07) is 7.28. The van der Waals surface area contributed by atoms with Crippen LogP contribution in [0.4, 0.5) is 18.9 Å². The van der Waals surface area contributed by atoms with Crippen molar-refractivity contribution in [1.29, 1.82) is 0 Å². The third-order valence-corrected chi connectivity index (χ3v) is 4.19. The van der Waals surface area contributed by atoms with E-state index in [1.54, 1.807) is 19.1 Å². The van der Waals surface area contributed by atoms with E-state index in [0.29, 0.717) is 16.7 Å². The van der Waals surface area contributed by atoms with Crippen molar-refractivity contribution in [2.75, 3.05) is 11.4 Å². The van der Waals surface area contributed by atoms with Gasteiger partial charge in [0.25, 0.3) is 11.7 Å². The van der Waals surface area contributed by atoms with Gasteiger partial charge in [0, 0.05) is 12.2 Å². The number of halogens is 3. The van der Waals surface area contributed by atoms with Gasteiger partial charge in [-0.05, 0) is 31.5 Å². The number of benzene rings is 1. The van der Waals surface area contributed by atoms with Crippen molar-refractivity contribution in [1.82, 2.24) is 19.8 Å². The van der Waals surface area contributed by atoms with E-state index >= 15 is 0 Å². The maximum absolute atomic E-state index is 12.8. The first kappa shape index (κ1) is 16.4.